The summed E-state index contributed by atoms with van der Waals surface area (Å²) in [5.41, 5.74) is 5.09. The third-order valence-corrected chi connectivity index (χ3v) is 6.36. The first-order chi connectivity index (χ1) is 13.8. The highest BCUT2D eigenvalue weighted by molar-refractivity contribution is 5.59. The second kappa shape index (κ2) is 11.1. The van der Waals surface area contributed by atoms with Gasteiger partial charge in [0.2, 0.25) is 0 Å². The molecule has 2 heteroatoms. The van der Waals surface area contributed by atoms with E-state index >= 15 is 0 Å². The Morgan fingerprint density at radius 2 is 1.75 bits per heavy atom. The van der Waals surface area contributed by atoms with Crippen LogP contribution >= 0.6 is 0 Å². The predicted octanol–water partition coefficient (Wildman–Crippen LogP) is 7.12. The highest BCUT2D eigenvalue weighted by Crippen LogP contribution is 2.37. The minimum absolute atomic E-state index is 0.681. The molecule has 0 bridgehead atoms. The summed E-state index contributed by atoms with van der Waals surface area (Å²) in [7, 11) is 0. The van der Waals surface area contributed by atoms with E-state index in [1.54, 1.807) is 0 Å². The monoisotopic (exact) mass is 377 g/mol. The average molecular weight is 378 g/mol. The van der Waals surface area contributed by atoms with Crippen LogP contribution in [0.2, 0.25) is 0 Å². The van der Waals surface area contributed by atoms with Gasteiger partial charge >= 0.3 is 0 Å². The largest absolute Gasteiger partial charge is 0.303 e. The van der Waals surface area contributed by atoms with Gasteiger partial charge in [-0.3, -0.25) is 4.98 Å². The number of aromatic nitrogens is 1. The van der Waals surface area contributed by atoms with Gasteiger partial charge in [-0.15, -0.1) is 0 Å². The van der Waals surface area contributed by atoms with Crippen molar-refractivity contribution in [3.05, 3.63) is 53.7 Å². The molecule has 0 spiro atoms. The van der Waals surface area contributed by atoms with Gasteiger partial charge in [0.15, 0.2) is 0 Å². The van der Waals surface area contributed by atoms with E-state index in [9.17, 15) is 4.79 Å². The molecule has 0 atom stereocenters. The molecule has 28 heavy (non-hydrogen) atoms. The van der Waals surface area contributed by atoms with E-state index in [0.29, 0.717) is 5.92 Å². The van der Waals surface area contributed by atoms with Crippen LogP contribution in [0.3, 0.4) is 0 Å². The molecule has 1 aliphatic rings. The standard InChI is InChI=1S/C26H35NO/c1-2-3-4-5-7-22-11-18-26(27-20-22)25-16-14-24(15-17-25)23-12-9-21(10-13-23)8-6-19-28/h11,14-21,23H,2-10,12-13H2,1H3/t21-,23-. The number of aryl methyl sites for hydroxylation is 1. The van der Waals surface area contributed by atoms with Crippen LogP contribution in [0.5, 0.6) is 0 Å². The number of hydrogen-bond donors (Lipinski definition) is 0. The molecule has 0 radical (unpaired) electrons. The second-order valence-electron chi connectivity index (χ2n) is 8.45. The van der Waals surface area contributed by atoms with Crippen LogP contribution in [0.25, 0.3) is 11.3 Å². The summed E-state index contributed by atoms with van der Waals surface area (Å²) in [5.74, 6) is 1.44. The first-order valence-corrected chi connectivity index (χ1v) is 11.3. The SMILES string of the molecule is CCCCCCc1ccc(-c2ccc([C@H]3CC[C@H](CCC=O)CC3)cc2)nc1. The van der Waals surface area contributed by atoms with E-state index in [2.05, 4.69) is 49.5 Å². The number of aldehydes is 1. The second-order valence-corrected chi connectivity index (χ2v) is 8.45. The zero-order valence-corrected chi connectivity index (χ0v) is 17.4. The Bertz CT molecular complexity index is 696. The molecule has 0 N–H and O–H groups in total. The molecule has 2 nitrogen and oxygen atoms in total. The van der Waals surface area contributed by atoms with Crippen molar-refractivity contribution in [2.24, 2.45) is 5.92 Å². The summed E-state index contributed by atoms with van der Waals surface area (Å²) >= 11 is 0. The molecule has 0 aliphatic heterocycles. The van der Waals surface area contributed by atoms with E-state index in [4.69, 9.17) is 4.98 Å². The molecule has 1 fully saturated rings. The molecule has 0 saturated heterocycles. The number of benzene rings is 1. The van der Waals surface area contributed by atoms with E-state index in [0.717, 1.165) is 37.2 Å². The van der Waals surface area contributed by atoms with Crippen LogP contribution in [0.15, 0.2) is 42.6 Å². The van der Waals surface area contributed by atoms with Gasteiger partial charge in [0.25, 0.3) is 0 Å². The first-order valence-electron chi connectivity index (χ1n) is 11.3. The molecule has 0 unspecified atom stereocenters. The van der Waals surface area contributed by atoms with Crippen LogP contribution in [-0.4, -0.2) is 11.3 Å². The van der Waals surface area contributed by atoms with Gasteiger partial charge < -0.3 is 4.79 Å². The average Bonchev–Trinajstić information content (AvgIpc) is 2.76. The van der Waals surface area contributed by atoms with Gasteiger partial charge in [0, 0.05) is 18.2 Å². The smallest absolute Gasteiger partial charge is 0.120 e. The number of hydrogen-bond acceptors (Lipinski definition) is 2. The predicted molar refractivity (Wildman–Crippen MR) is 118 cm³/mol. The third-order valence-electron chi connectivity index (χ3n) is 6.36. The molecule has 150 valence electrons. The minimum Gasteiger partial charge on any atom is -0.303 e. The van der Waals surface area contributed by atoms with Crippen molar-refractivity contribution in [3.8, 4) is 11.3 Å². The van der Waals surface area contributed by atoms with Crippen LogP contribution in [0.4, 0.5) is 0 Å². The molecule has 1 heterocycles. The normalized spacial score (nSPS) is 19.5. The van der Waals surface area contributed by atoms with E-state index in [1.165, 1.54) is 68.1 Å². The minimum atomic E-state index is 0.681. The zero-order valence-electron chi connectivity index (χ0n) is 17.4. The van der Waals surface area contributed by atoms with Crippen LogP contribution < -0.4 is 0 Å². The third kappa shape index (κ3) is 6.02. The van der Waals surface area contributed by atoms with E-state index in [1.807, 2.05) is 0 Å². The topological polar surface area (TPSA) is 30.0 Å². The van der Waals surface area contributed by atoms with Crippen molar-refractivity contribution in [1.29, 1.82) is 0 Å². The Kier molecular flexibility index (Phi) is 8.26. The van der Waals surface area contributed by atoms with Gasteiger partial charge in [0.05, 0.1) is 5.69 Å². The summed E-state index contributed by atoms with van der Waals surface area (Å²) in [6.45, 7) is 2.25. The summed E-state index contributed by atoms with van der Waals surface area (Å²) < 4.78 is 0. The molecule has 1 saturated carbocycles. The fourth-order valence-electron chi connectivity index (χ4n) is 4.51. The molecule has 3 rings (SSSR count). The zero-order chi connectivity index (χ0) is 19.6. The van der Waals surface area contributed by atoms with Crippen LogP contribution in [0, 0.1) is 5.92 Å². The first kappa shape index (κ1) is 20.8. The van der Waals surface area contributed by atoms with E-state index in [-0.39, 0.29) is 0 Å². The number of carbonyl (C=O) groups excluding carboxylic acids is 1. The van der Waals surface area contributed by atoms with Gasteiger partial charge in [-0.2, -0.15) is 0 Å². The molecule has 1 aromatic carbocycles. The Labute approximate surface area is 170 Å². The maximum atomic E-state index is 10.6. The number of nitrogens with zero attached hydrogens (tertiary/aromatic N) is 1. The van der Waals surface area contributed by atoms with Crippen molar-refractivity contribution < 1.29 is 4.79 Å². The lowest BCUT2D eigenvalue weighted by Crippen LogP contribution is -2.13. The lowest BCUT2D eigenvalue weighted by atomic mass is 9.77. The summed E-state index contributed by atoms with van der Waals surface area (Å²) in [4.78, 5) is 15.3. The number of rotatable bonds is 10. The number of pyridine rings is 1. The summed E-state index contributed by atoms with van der Waals surface area (Å²) in [5, 5.41) is 0. The quantitative estimate of drug-likeness (QED) is 0.326. The van der Waals surface area contributed by atoms with Crippen molar-refractivity contribution in [2.45, 2.75) is 83.5 Å². The molecular weight excluding hydrogens is 342 g/mol. The van der Waals surface area contributed by atoms with Crippen molar-refractivity contribution in [3.63, 3.8) is 0 Å². The Hall–Kier alpha value is -1.96. The van der Waals surface area contributed by atoms with Crippen LogP contribution in [-0.2, 0) is 11.2 Å². The van der Waals surface area contributed by atoms with Gasteiger partial charge in [-0.1, -0.05) is 56.5 Å². The number of carbonyl (C=O) groups is 1. The Morgan fingerprint density at radius 1 is 0.964 bits per heavy atom. The fourth-order valence-corrected chi connectivity index (χ4v) is 4.51. The maximum absolute atomic E-state index is 10.6. The van der Waals surface area contributed by atoms with Gasteiger partial charge in [-0.05, 0) is 74.0 Å². The van der Waals surface area contributed by atoms with E-state index < -0.39 is 0 Å². The van der Waals surface area contributed by atoms with Crippen LogP contribution in [0.1, 0.15) is 88.2 Å². The highest BCUT2D eigenvalue weighted by Gasteiger charge is 2.22. The molecule has 1 aromatic heterocycles. The highest BCUT2D eigenvalue weighted by atomic mass is 16.1. The Morgan fingerprint density at radius 3 is 2.39 bits per heavy atom. The lowest BCUT2D eigenvalue weighted by molar-refractivity contribution is -0.108. The molecule has 2 aromatic rings. The fraction of sp³-hybridized carbons (Fsp3) is 0.538. The summed E-state index contributed by atoms with van der Waals surface area (Å²) in [6.07, 6.45) is 16.3. The maximum Gasteiger partial charge on any atom is 0.120 e. The van der Waals surface area contributed by atoms with Crippen molar-refractivity contribution >= 4 is 6.29 Å². The van der Waals surface area contributed by atoms with Gasteiger partial charge in [-0.25, -0.2) is 0 Å². The molecule has 0 amide bonds. The lowest BCUT2D eigenvalue weighted by Gasteiger charge is -2.28. The summed E-state index contributed by atoms with van der Waals surface area (Å²) in [6, 6.07) is 13.5. The van der Waals surface area contributed by atoms with Crippen molar-refractivity contribution in [1.82, 2.24) is 4.98 Å². The van der Waals surface area contributed by atoms with Crippen molar-refractivity contribution in [2.75, 3.05) is 0 Å². The Balaban J connectivity index is 1.52. The van der Waals surface area contributed by atoms with Gasteiger partial charge in [0.1, 0.15) is 6.29 Å². The molecular formula is C26H35NO. The number of unbranched alkanes of at least 4 members (excludes halogenated alkanes) is 3. The molecule has 1 aliphatic carbocycles.